The fourth-order valence-electron chi connectivity index (χ4n) is 1.96. The SMILES string of the molecule is C#Cc1c(C(C)(C)C)cccc1C(C)(C)C. The predicted molar refractivity (Wildman–Crippen MR) is 71.8 cm³/mol. The van der Waals surface area contributed by atoms with Crippen molar-refractivity contribution in [3.8, 4) is 12.3 Å². The third kappa shape index (κ3) is 2.47. The average molecular weight is 214 g/mol. The molecule has 1 rings (SSSR count). The molecule has 0 aliphatic carbocycles. The lowest BCUT2D eigenvalue weighted by molar-refractivity contribution is 0.566. The van der Waals surface area contributed by atoms with E-state index in [1.807, 2.05) is 0 Å². The first-order chi connectivity index (χ1) is 7.18. The molecule has 0 heteroatoms. The van der Waals surface area contributed by atoms with Crippen LogP contribution in [0.5, 0.6) is 0 Å². The molecule has 0 saturated carbocycles. The molecule has 16 heavy (non-hydrogen) atoms. The lowest BCUT2D eigenvalue weighted by atomic mass is 9.76. The van der Waals surface area contributed by atoms with Gasteiger partial charge in [-0.05, 0) is 22.0 Å². The Labute approximate surface area is 100 Å². The van der Waals surface area contributed by atoms with Crippen LogP contribution < -0.4 is 0 Å². The van der Waals surface area contributed by atoms with Crippen LogP contribution in [0.2, 0.25) is 0 Å². The largest absolute Gasteiger partial charge is 0.115 e. The first-order valence-electron chi connectivity index (χ1n) is 5.78. The topological polar surface area (TPSA) is 0 Å². The van der Waals surface area contributed by atoms with E-state index < -0.39 is 0 Å². The van der Waals surface area contributed by atoms with Gasteiger partial charge in [-0.3, -0.25) is 0 Å². The molecule has 0 bridgehead atoms. The summed E-state index contributed by atoms with van der Waals surface area (Å²) in [6.45, 7) is 13.2. The van der Waals surface area contributed by atoms with Crippen molar-refractivity contribution in [3.05, 3.63) is 34.9 Å². The van der Waals surface area contributed by atoms with Gasteiger partial charge >= 0.3 is 0 Å². The highest BCUT2D eigenvalue weighted by molar-refractivity contribution is 5.51. The second-order valence-corrected chi connectivity index (χ2v) is 6.37. The summed E-state index contributed by atoms with van der Waals surface area (Å²) in [7, 11) is 0. The molecule has 1 aromatic carbocycles. The van der Waals surface area contributed by atoms with Crippen LogP contribution in [-0.2, 0) is 10.8 Å². The van der Waals surface area contributed by atoms with Crippen LogP contribution in [0, 0.1) is 12.3 Å². The molecule has 0 fully saturated rings. The Morgan fingerprint density at radius 3 is 1.50 bits per heavy atom. The molecule has 0 N–H and O–H groups in total. The zero-order valence-electron chi connectivity index (χ0n) is 11.3. The Balaban J connectivity index is 3.53. The minimum absolute atomic E-state index is 0.100. The van der Waals surface area contributed by atoms with Gasteiger partial charge in [-0.1, -0.05) is 65.7 Å². The van der Waals surface area contributed by atoms with Crippen molar-refractivity contribution >= 4 is 0 Å². The van der Waals surface area contributed by atoms with Gasteiger partial charge in [0.05, 0.1) is 0 Å². The van der Waals surface area contributed by atoms with Crippen LogP contribution in [-0.4, -0.2) is 0 Å². The summed E-state index contributed by atoms with van der Waals surface area (Å²) in [4.78, 5) is 0. The standard InChI is InChI=1S/C16H22/c1-8-12-13(15(2,3)4)10-9-11-14(12)16(5,6)7/h1,9-11H,2-7H3. The van der Waals surface area contributed by atoms with E-state index >= 15 is 0 Å². The van der Waals surface area contributed by atoms with Crippen molar-refractivity contribution in [2.45, 2.75) is 52.4 Å². The smallest absolute Gasteiger partial charge is 0.0317 e. The maximum atomic E-state index is 5.69. The van der Waals surface area contributed by atoms with E-state index in [2.05, 4.69) is 65.7 Å². The number of rotatable bonds is 0. The summed E-state index contributed by atoms with van der Waals surface area (Å²) in [6, 6.07) is 6.40. The van der Waals surface area contributed by atoms with Crippen molar-refractivity contribution in [2.24, 2.45) is 0 Å². The van der Waals surface area contributed by atoms with Crippen molar-refractivity contribution in [2.75, 3.05) is 0 Å². The molecule has 1 aromatic rings. The molecule has 0 aliphatic rings. The van der Waals surface area contributed by atoms with Gasteiger partial charge in [-0.2, -0.15) is 0 Å². The summed E-state index contributed by atoms with van der Waals surface area (Å²) < 4.78 is 0. The third-order valence-electron chi connectivity index (χ3n) is 2.82. The highest BCUT2D eigenvalue weighted by Gasteiger charge is 2.23. The molecular weight excluding hydrogens is 192 g/mol. The lowest BCUT2D eigenvalue weighted by Gasteiger charge is -2.27. The molecular formula is C16H22. The second kappa shape index (κ2) is 3.98. The van der Waals surface area contributed by atoms with Gasteiger partial charge in [-0.15, -0.1) is 6.42 Å². The Kier molecular flexibility index (Phi) is 3.20. The Hall–Kier alpha value is -1.22. The molecule has 0 radical (unpaired) electrons. The Morgan fingerprint density at radius 2 is 1.25 bits per heavy atom. The highest BCUT2D eigenvalue weighted by Crippen LogP contribution is 2.33. The monoisotopic (exact) mass is 214 g/mol. The number of terminal acetylenes is 1. The first kappa shape index (κ1) is 12.8. The number of hydrogen-bond acceptors (Lipinski definition) is 0. The zero-order valence-corrected chi connectivity index (χ0v) is 11.3. The molecule has 0 saturated heterocycles. The van der Waals surface area contributed by atoms with E-state index in [9.17, 15) is 0 Å². The predicted octanol–water partition coefficient (Wildman–Crippen LogP) is 4.26. The molecule has 86 valence electrons. The van der Waals surface area contributed by atoms with Crippen LogP contribution in [0.4, 0.5) is 0 Å². The molecule has 0 aromatic heterocycles. The normalized spacial score (nSPS) is 12.3. The molecule has 0 nitrogen and oxygen atoms in total. The number of hydrogen-bond donors (Lipinski definition) is 0. The van der Waals surface area contributed by atoms with E-state index in [0.29, 0.717) is 0 Å². The summed E-state index contributed by atoms with van der Waals surface area (Å²) >= 11 is 0. The minimum Gasteiger partial charge on any atom is -0.115 e. The van der Waals surface area contributed by atoms with Crippen molar-refractivity contribution in [1.29, 1.82) is 0 Å². The first-order valence-corrected chi connectivity index (χ1v) is 5.78. The van der Waals surface area contributed by atoms with Crippen LogP contribution in [0.1, 0.15) is 58.2 Å². The number of benzene rings is 1. The summed E-state index contributed by atoms with van der Waals surface area (Å²) in [5.74, 6) is 2.88. The van der Waals surface area contributed by atoms with Crippen LogP contribution >= 0.6 is 0 Å². The van der Waals surface area contributed by atoms with Crippen LogP contribution in [0.3, 0.4) is 0 Å². The molecule has 0 unspecified atom stereocenters. The Morgan fingerprint density at radius 1 is 0.875 bits per heavy atom. The third-order valence-corrected chi connectivity index (χ3v) is 2.82. The van der Waals surface area contributed by atoms with Crippen LogP contribution in [0.15, 0.2) is 18.2 Å². The summed E-state index contributed by atoms with van der Waals surface area (Å²) in [6.07, 6.45) is 5.69. The quantitative estimate of drug-likeness (QED) is 0.566. The van der Waals surface area contributed by atoms with E-state index in [0.717, 1.165) is 5.56 Å². The molecule has 0 aliphatic heterocycles. The van der Waals surface area contributed by atoms with E-state index in [1.165, 1.54) is 11.1 Å². The maximum absolute atomic E-state index is 5.69. The zero-order chi connectivity index (χ0) is 12.6. The van der Waals surface area contributed by atoms with Gasteiger partial charge < -0.3 is 0 Å². The van der Waals surface area contributed by atoms with Gasteiger partial charge in [-0.25, -0.2) is 0 Å². The Bertz CT molecular complexity index is 385. The van der Waals surface area contributed by atoms with E-state index in [4.69, 9.17) is 6.42 Å². The van der Waals surface area contributed by atoms with Gasteiger partial charge in [0.2, 0.25) is 0 Å². The fourth-order valence-corrected chi connectivity index (χ4v) is 1.96. The second-order valence-electron chi connectivity index (χ2n) is 6.37. The molecule has 0 atom stereocenters. The maximum Gasteiger partial charge on any atom is 0.0317 e. The summed E-state index contributed by atoms with van der Waals surface area (Å²) in [5, 5.41) is 0. The van der Waals surface area contributed by atoms with Gasteiger partial charge in [0.25, 0.3) is 0 Å². The minimum atomic E-state index is 0.100. The van der Waals surface area contributed by atoms with Gasteiger partial charge in [0.15, 0.2) is 0 Å². The average Bonchev–Trinajstić information content (AvgIpc) is 2.13. The van der Waals surface area contributed by atoms with Crippen molar-refractivity contribution in [1.82, 2.24) is 0 Å². The van der Waals surface area contributed by atoms with E-state index in [1.54, 1.807) is 0 Å². The van der Waals surface area contributed by atoms with Crippen molar-refractivity contribution < 1.29 is 0 Å². The fraction of sp³-hybridized carbons (Fsp3) is 0.500. The van der Waals surface area contributed by atoms with Gasteiger partial charge in [0.1, 0.15) is 0 Å². The van der Waals surface area contributed by atoms with Crippen molar-refractivity contribution in [3.63, 3.8) is 0 Å². The lowest BCUT2D eigenvalue weighted by Crippen LogP contribution is -2.19. The molecule has 0 heterocycles. The summed E-state index contributed by atoms with van der Waals surface area (Å²) in [5.41, 5.74) is 3.80. The molecule has 0 spiro atoms. The van der Waals surface area contributed by atoms with E-state index in [-0.39, 0.29) is 10.8 Å². The molecule has 0 amide bonds. The van der Waals surface area contributed by atoms with Crippen LogP contribution in [0.25, 0.3) is 0 Å². The highest BCUT2D eigenvalue weighted by atomic mass is 14.3. The van der Waals surface area contributed by atoms with Gasteiger partial charge in [0, 0.05) is 5.56 Å².